The predicted molar refractivity (Wildman–Crippen MR) is 79.7 cm³/mol. The van der Waals surface area contributed by atoms with E-state index in [1.807, 2.05) is 43.6 Å². The first-order valence-corrected chi connectivity index (χ1v) is 6.97. The van der Waals surface area contributed by atoms with E-state index in [9.17, 15) is 4.79 Å². The Morgan fingerprint density at radius 1 is 1.25 bits per heavy atom. The molecule has 4 heteroatoms. The highest BCUT2D eigenvalue weighted by atomic mass is 16.1. The van der Waals surface area contributed by atoms with Crippen LogP contribution in [-0.2, 0) is 13.6 Å². The van der Waals surface area contributed by atoms with E-state index in [1.54, 1.807) is 0 Å². The van der Waals surface area contributed by atoms with E-state index in [1.165, 1.54) is 5.69 Å². The van der Waals surface area contributed by atoms with Crippen molar-refractivity contribution in [2.24, 2.45) is 7.05 Å². The lowest BCUT2D eigenvalue weighted by Gasteiger charge is -2.08. The van der Waals surface area contributed by atoms with Gasteiger partial charge in [-0.2, -0.15) is 0 Å². The number of carbonyl (C=O) groups is 1. The van der Waals surface area contributed by atoms with Crippen LogP contribution in [0, 0.1) is 0 Å². The Morgan fingerprint density at radius 2 is 2.00 bits per heavy atom. The first-order valence-electron chi connectivity index (χ1n) is 6.97. The number of hydrogen-bond acceptors (Lipinski definition) is 2. The maximum Gasteiger partial charge on any atom is 0.251 e. The van der Waals surface area contributed by atoms with Crippen molar-refractivity contribution in [2.75, 3.05) is 5.32 Å². The van der Waals surface area contributed by atoms with E-state index in [0.29, 0.717) is 6.04 Å². The molecule has 1 saturated carbocycles. The molecule has 2 aromatic rings. The monoisotopic (exact) mass is 269 g/mol. The number of nitrogens with one attached hydrogen (secondary N) is 2. The van der Waals surface area contributed by atoms with Gasteiger partial charge in [0.15, 0.2) is 0 Å². The van der Waals surface area contributed by atoms with Gasteiger partial charge < -0.3 is 15.2 Å². The Morgan fingerprint density at radius 3 is 2.60 bits per heavy atom. The van der Waals surface area contributed by atoms with Crippen molar-refractivity contribution < 1.29 is 4.79 Å². The second-order valence-electron chi connectivity index (χ2n) is 5.29. The number of nitrogens with zero attached hydrogens (tertiary/aromatic N) is 1. The highest BCUT2D eigenvalue weighted by molar-refractivity contribution is 5.94. The third-order valence-electron chi connectivity index (χ3n) is 3.58. The summed E-state index contributed by atoms with van der Waals surface area (Å²) < 4.78 is 2.09. The molecule has 1 heterocycles. The molecular weight excluding hydrogens is 250 g/mol. The third-order valence-corrected chi connectivity index (χ3v) is 3.58. The highest BCUT2D eigenvalue weighted by Crippen LogP contribution is 2.19. The van der Waals surface area contributed by atoms with Crippen LogP contribution in [0.2, 0.25) is 0 Å². The fraction of sp³-hybridized carbons (Fsp3) is 0.312. The smallest absolute Gasteiger partial charge is 0.251 e. The van der Waals surface area contributed by atoms with E-state index in [2.05, 4.69) is 21.3 Å². The van der Waals surface area contributed by atoms with E-state index >= 15 is 0 Å². The molecule has 0 unspecified atom stereocenters. The summed E-state index contributed by atoms with van der Waals surface area (Å²) in [6, 6.07) is 12.1. The molecule has 0 radical (unpaired) electrons. The highest BCUT2D eigenvalue weighted by Gasteiger charge is 2.23. The maximum absolute atomic E-state index is 11.9. The summed E-state index contributed by atoms with van der Waals surface area (Å²) in [6.07, 6.45) is 4.26. The number of benzene rings is 1. The maximum atomic E-state index is 11.9. The van der Waals surface area contributed by atoms with Gasteiger partial charge in [-0.1, -0.05) is 0 Å². The van der Waals surface area contributed by atoms with Crippen LogP contribution in [0.15, 0.2) is 42.6 Å². The number of aromatic nitrogens is 1. The zero-order valence-electron chi connectivity index (χ0n) is 11.6. The second kappa shape index (κ2) is 5.41. The van der Waals surface area contributed by atoms with Crippen LogP contribution in [0.5, 0.6) is 0 Å². The van der Waals surface area contributed by atoms with Crippen molar-refractivity contribution in [2.45, 2.75) is 25.4 Å². The van der Waals surface area contributed by atoms with Crippen molar-refractivity contribution in [1.82, 2.24) is 9.88 Å². The van der Waals surface area contributed by atoms with Gasteiger partial charge in [0.1, 0.15) is 0 Å². The quantitative estimate of drug-likeness (QED) is 0.876. The van der Waals surface area contributed by atoms with Gasteiger partial charge in [0.25, 0.3) is 5.91 Å². The predicted octanol–water partition coefficient (Wildman–Crippen LogP) is 2.53. The molecule has 1 aromatic carbocycles. The standard InChI is InChI=1S/C16H19N3O/c1-19-10-2-3-15(19)11-17-13-6-4-12(5-7-13)16(20)18-14-8-9-14/h2-7,10,14,17H,8-9,11H2,1H3,(H,18,20). The van der Waals surface area contributed by atoms with Gasteiger partial charge in [-0.15, -0.1) is 0 Å². The number of hydrogen-bond donors (Lipinski definition) is 2. The average molecular weight is 269 g/mol. The molecule has 0 bridgehead atoms. The van der Waals surface area contributed by atoms with Gasteiger partial charge in [0.2, 0.25) is 0 Å². The summed E-state index contributed by atoms with van der Waals surface area (Å²) in [5.74, 6) is 0.0292. The molecule has 0 atom stereocenters. The van der Waals surface area contributed by atoms with Crippen LogP contribution in [0.1, 0.15) is 28.9 Å². The molecule has 4 nitrogen and oxygen atoms in total. The minimum atomic E-state index is 0.0292. The number of aryl methyl sites for hydroxylation is 1. The van der Waals surface area contributed by atoms with E-state index in [4.69, 9.17) is 0 Å². The minimum Gasteiger partial charge on any atom is -0.379 e. The van der Waals surface area contributed by atoms with Gasteiger partial charge in [-0.3, -0.25) is 4.79 Å². The zero-order valence-corrected chi connectivity index (χ0v) is 11.6. The molecule has 1 fully saturated rings. The molecule has 20 heavy (non-hydrogen) atoms. The zero-order chi connectivity index (χ0) is 13.9. The van der Waals surface area contributed by atoms with Crippen molar-refractivity contribution in [3.63, 3.8) is 0 Å². The first kappa shape index (κ1) is 12.8. The fourth-order valence-corrected chi connectivity index (χ4v) is 2.11. The Hall–Kier alpha value is -2.23. The topological polar surface area (TPSA) is 46.1 Å². The summed E-state index contributed by atoms with van der Waals surface area (Å²) in [6.45, 7) is 0.775. The van der Waals surface area contributed by atoms with Gasteiger partial charge in [-0.25, -0.2) is 0 Å². The summed E-state index contributed by atoms with van der Waals surface area (Å²) in [5.41, 5.74) is 2.97. The van der Waals surface area contributed by atoms with Crippen LogP contribution in [0.3, 0.4) is 0 Å². The Kier molecular flexibility index (Phi) is 3.46. The molecule has 0 saturated heterocycles. The lowest BCUT2D eigenvalue weighted by Crippen LogP contribution is -2.25. The van der Waals surface area contributed by atoms with Crippen LogP contribution in [0.25, 0.3) is 0 Å². The SMILES string of the molecule is Cn1cccc1CNc1ccc(C(=O)NC2CC2)cc1. The third kappa shape index (κ3) is 3.02. The number of amides is 1. The van der Waals surface area contributed by atoms with Gasteiger partial charge >= 0.3 is 0 Å². The molecule has 0 spiro atoms. The van der Waals surface area contributed by atoms with Crippen LogP contribution >= 0.6 is 0 Å². The number of carbonyl (C=O) groups excluding carboxylic acids is 1. The summed E-state index contributed by atoms with van der Waals surface area (Å²) in [4.78, 5) is 11.9. The van der Waals surface area contributed by atoms with E-state index < -0.39 is 0 Å². The molecular formula is C16H19N3O. The van der Waals surface area contributed by atoms with Crippen molar-refractivity contribution in [1.29, 1.82) is 0 Å². The normalized spacial score (nSPS) is 14.1. The average Bonchev–Trinajstić information content (AvgIpc) is 3.18. The molecule has 1 aliphatic rings. The Bertz CT molecular complexity index is 596. The molecule has 0 aliphatic heterocycles. The van der Waals surface area contributed by atoms with Gasteiger partial charge in [0.05, 0.1) is 6.54 Å². The summed E-state index contributed by atoms with van der Waals surface area (Å²) in [5, 5.41) is 6.34. The lowest BCUT2D eigenvalue weighted by atomic mass is 10.2. The van der Waals surface area contributed by atoms with E-state index in [0.717, 1.165) is 30.6 Å². The summed E-state index contributed by atoms with van der Waals surface area (Å²) in [7, 11) is 2.03. The first-order chi connectivity index (χ1) is 9.72. The largest absolute Gasteiger partial charge is 0.379 e. The van der Waals surface area contributed by atoms with Crippen LogP contribution in [-0.4, -0.2) is 16.5 Å². The minimum absolute atomic E-state index is 0.0292. The number of anilines is 1. The molecule has 1 aliphatic carbocycles. The fourth-order valence-electron chi connectivity index (χ4n) is 2.11. The second-order valence-corrected chi connectivity index (χ2v) is 5.29. The molecule has 3 rings (SSSR count). The number of rotatable bonds is 5. The lowest BCUT2D eigenvalue weighted by molar-refractivity contribution is 0.0951. The Labute approximate surface area is 118 Å². The Balaban J connectivity index is 1.58. The van der Waals surface area contributed by atoms with E-state index in [-0.39, 0.29) is 5.91 Å². The van der Waals surface area contributed by atoms with Crippen molar-refractivity contribution in [3.8, 4) is 0 Å². The van der Waals surface area contributed by atoms with Crippen LogP contribution in [0.4, 0.5) is 5.69 Å². The van der Waals surface area contributed by atoms with Gasteiger partial charge in [-0.05, 0) is 49.2 Å². The van der Waals surface area contributed by atoms with Gasteiger partial charge in [0, 0.05) is 36.2 Å². The van der Waals surface area contributed by atoms with Crippen LogP contribution < -0.4 is 10.6 Å². The molecule has 1 amide bonds. The molecule has 2 N–H and O–H groups in total. The molecule has 1 aromatic heterocycles. The van der Waals surface area contributed by atoms with Crippen molar-refractivity contribution >= 4 is 11.6 Å². The van der Waals surface area contributed by atoms with Crippen molar-refractivity contribution in [3.05, 3.63) is 53.9 Å². The summed E-state index contributed by atoms with van der Waals surface area (Å²) >= 11 is 0. The molecule has 104 valence electrons.